The maximum Gasteiger partial charge on any atom is 0.240 e. The molecule has 1 unspecified atom stereocenters. The Balaban J connectivity index is 2.52. The first kappa shape index (κ1) is 12.0. The Bertz CT molecular complexity index is 222. The van der Waals surface area contributed by atoms with E-state index in [4.69, 9.17) is 0 Å². The minimum Gasteiger partial charge on any atom is -0.334 e. The normalized spacial score (nSPS) is 20.7. The minimum atomic E-state index is -0.00125. The van der Waals surface area contributed by atoms with Gasteiger partial charge in [-0.2, -0.15) is 0 Å². The predicted octanol–water partition coefficient (Wildman–Crippen LogP) is 1.33. The molecule has 0 spiro atoms. The van der Waals surface area contributed by atoms with Gasteiger partial charge in [0.2, 0.25) is 5.91 Å². The number of nitrogens with zero attached hydrogens (tertiary/aromatic N) is 1. The van der Waals surface area contributed by atoms with Crippen LogP contribution >= 0.6 is 0 Å². The first-order chi connectivity index (χ1) is 7.29. The molecule has 1 heterocycles. The summed E-state index contributed by atoms with van der Waals surface area (Å²) in [6.07, 6.45) is 6.77. The standard InChI is InChI=1S/C12H20N2O/c1-3-9-14(10-4-2)12(15)11-7-5-6-8-13-11/h3-4,11,13H,1-2,5-10H2. The number of hydrogen-bond acceptors (Lipinski definition) is 2. The van der Waals surface area contributed by atoms with Crippen molar-refractivity contribution in [3.63, 3.8) is 0 Å². The van der Waals surface area contributed by atoms with Gasteiger partial charge in [-0.25, -0.2) is 0 Å². The molecule has 3 nitrogen and oxygen atoms in total. The predicted molar refractivity (Wildman–Crippen MR) is 62.6 cm³/mol. The maximum atomic E-state index is 12.0. The Hall–Kier alpha value is -1.09. The molecule has 1 N–H and O–H groups in total. The average molecular weight is 208 g/mol. The Morgan fingerprint density at radius 2 is 2.00 bits per heavy atom. The molecule has 0 saturated carbocycles. The van der Waals surface area contributed by atoms with Gasteiger partial charge in [0.1, 0.15) is 0 Å². The second-order valence-electron chi connectivity index (χ2n) is 3.82. The lowest BCUT2D eigenvalue weighted by atomic mass is 10.0. The van der Waals surface area contributed by atoms with Gasteiger partial charge in [0.05, 0.1) is 6.04 Å². The highest BCUT2D eigenvalue weighted by atomic mass is 16.2. The number of nitrogens with one attached hydrogen (secondary N) is 1. The first-order valence-electron chi connectivity index (χ1n) is 5.53. The molecule has 0 bridgehead atoms. The van der Waals surface area contributed by atoms with Gasteiger partial charge in [-0.1, -0.05) is 18.6 Å². The number of carbonyl (C=O) groups is 1. The van der Waals surface area contributed by atoms with Crippen LogP contribution in [0.2, 0.25) is 0 Å². The lowest BCUT2D eigenvalue weighted by molar-refractivity contribution is -0.133. The van der Waals surface area contributed by atoms with Gasteiger partial charge in [0.25, 0.3) is 0 Å². The number of piperidine rings is 1. The highest BCUT2D eigenvalue weighted by molar-refractivity contribution is 5.82. The van der Waals surface area contributed by atoms with Crippen molar-refractivity contribution in [3.05, 3.63) is 25.3 Å². The Kier molecular flexibility index (Phi) is 5.12. The summed E-state index contributed by atoms with van der Waals surface area (Å²) in [5.41, 5.74) is 0. The quantitative estimate of drug-likeness (QED) is 0.691. The average Bonchev–Trinajstić information content (AvgIpc) is 2.29. The number of rotatable bonds is 5. The largest absolute Gasteiger partial charge is 0.334 e. The number of hydrogen-bond donors (Lipinski definition) is 1. The first-order valence-corrected chi connectivity index (χ1v) is 5.53. The molecule has 1 saturated heterocycles. The number of amides is 1. The molecule has 84 valence electrons. The van der Waals surface area contributed by atoms with E-state index in [-0.39, 0.29) is 11.9 Å². The van der Waals surface area contributed by atoms with Gasteiger partial charge < -0.3 is 10.2 Å². The molecule has 0 aromatic rings. The Morgan fingerprint density at radius 3 is 2.47 bits per heavy atom. The summed E-state index contributed by atoms with van der Waals surface area (Å²) < 4.78 is 0. The van der Waals surface area contributed by atoms with E-state index < -0.39 is 0 Å². The lowest BCUT2D eigenvalue weighted by Gasteiger charge is -2.28. The van der Waals surface area contributed by atoms with Crippen molar-refractivity contribution in [3.8, 4) is 0 Å². The SMILES string of the molecule is C=CCN(CC=C)C(=O)C1CCCCN1. The van der Waals surface area contributed by atoms with Gasteiger partial charge in [0, 0.05) is 13.1 Å². The Morgan fingerprint density at radius 1 is 1.33 bits per heavy atom. The van der Waals surface area contributed by atoms with Crippen LogP contribution in [0.1, 0.15) is 19.3 Å². The highest BCUT2D eigenvalue weighted by Gasteiger charge is 2.24. The fraction of sp³-hybridized carbons (Fsp3) is 0.583. The summed E-state index contributed by atoms with van der Waals surface area (Å²) in [5.74, 6) is 0.175. The molecule has 1 fully saturated rings. The third-order valence-electron chi connectivity index (χ3n) is 2.62. The molecule has 0 aliphatic carbocycles. The lowest BCUT2D eigenvalue weighted by Crippen LogP contribution is -2.48. The van der Waals surface area contributed by atoms with Crippen LogP contribution in [0.5, 0.6) is 0 Å². The van der Waals surface area contributed by atoms with Gasteiger partial charge in [-0.05, 0) is 19.4 Å². The molecule has 0 radical (unpaired) electrons. The molecule has 1 amide bonds. The summed E-state index contributed by atoms with van der Waals surface area (Å²) in [5, 5.41) is 3.26. The van der Waals surface area contributed by atoms with E-state index in [0.29, 0.717) is 13.1 Å². The maximum absolute atomic E-state index is 12.0. The minimum absolute atomic E-state index is 0.00125. The highest BCUT2D eigenvalue weighted by Crippen LogP contribution is 2.09. The van der Waals surface area contributed by atoms with Gasteiger partial charge >= 0.3 is 0 Å². The fourth-order valence-electron chi connectivity index (χ4n) is 1.85. The number of carbonyl (C=O) groups excluding carboxylic acids is 1. The topological polar surface area (TPSA) is 32.3 Å². The van der Waals surface area contributed by atoms with Crippen LogP contribution < -0.4 is 5.32 Å². The zero-order chi connectivity index (χ0) is 11.1. The van der Waals surface area contributed by atoms with Crippen molar-refractivity contribution in [1.29, 1.82) is 0 Å². The van der Waals surface area contributed by atoms with Crippen LogP contribution in [0.15, 0.2) is 25.3 Å². The summed E-state index contributed by atoms with van der Waals surface area (Å²) in [6, 6.07) is -0.00125. The molecule has 1 aliphatic rings. The molecular formula is C12H20N2O. The van der Waals surface area contributed by atoms with E-state index in [1.807, 2.05) is 0 Å². The van der Waals surface area contributed by atoms with Crippen LogP contribution in [0.4, 0.5) is 0 Å². The molecule has 0 aromatic heterocycles. The zero-order valence-electron chi connectivity index (χ0n) is 9.24. The van der Waals surface area contributed by atoms with Crippen molar-refractivity contribution in [2.75, 3.05) is 19.6 Å². The molecule has 3 heteroatoms. The van der Waals surface area contributed by atoms with Crippen LogP contribution in [0.3, 0.4) is 0 Å². The van der Waals surface area contributed by atoms with Crippen molar-refractivity contribution in [2.24, 2.45) is 0 Å². The van der Waals surface area contributed by atoms with Crippen LogP contribution in [-0.4, -0.2) is 36.5 Å². The van der Waals surface area contributed by atoms with E-state index >= 15 is 0 Å². The van der Waals surface area contributed by atoms with Crippen LogP contribution in [-0.2, 0) is 4.79 Å². The molecule has 1 atom stereocenters. The third kappa shape index (κ3) is 3.51. The van der Waals surface area contributed by atoms with Crippen molar-refractivity contribution in [1.82, 2.24) is 10.2 Å². The molecule has 15 heavy (non-hydrogen) atoms. The van der Waals surface area contributed by atoms with E-state index in [0.717, 1.165) is 19.4 Å². The molecule has 1 aliphatic heterocycles. The van der Waals surface area contributed by atoms with Crippen molar-refractivity contribution >= 4 is 5.91 Å². The van der Waals surface area contributed by atoms with Gasteiger partial charge in [-0.3, -0.25) is 4.79 Å². The van der Waals surface area contributed by atoms with E-state index in [2.05, 4.69) is 18.5 Å². The smallest absolute Gasteiger partial charge is 0.240 e. The van der Waals surface area contributed by atoms with E-state index in [1.54, 1.807) is 17.1 Å². The third-order valence-corrected chi connectivity index (χ3v) is 2.62. The molecule has 1 rings (SSSR count). The van der Waals surface area contributed by atoms with E-state index in [9.17, 15) is 4.79 Å². The summed E-state index contributed by atoms with van der Waals surface area (Å²) in [4.78, 5) is 13.8. The molecule has 0 aromatic carbocycles. The van der Waals surface area contributed by atoms with E-state index in [1.165, 1.54) is 6.42 Å². The Labute approximate surface area is 91.8 Å². The second kappa shape index (κ2) is 6.40. The van der Waals surface area contributed by atoms with Crippen LogP contribution in [0, 0.1) is 0 Å². The zero-order valence-corrected chi connectivity index (χ0v) is 9.24. The summed E-state index contributed by atoms with van der Waals surface area (Å²) >= 11 is 0. The van der Waals surface area contributed by atoms with Gasteiger partial charge in [0.15, 0.2) is 0 Å². The van der Waals surface area contributed by atoms with Gasteiger partial charge in [-0.15, -0.1) is 13.2 Å². The van der Waals surface area contributed by atoms with Crippen LogP contribution in [0.25, 0.3) is 0 Å². The fourth-order valence-corrected chi connectivity index (χ4v) is 1.85. The van der Waals surface area contributed by atoms with Crippen molar-refractivity contribution in [2.45, 2.75) is 25.3 Å². The van der Waals surface area contributed by atoms with Crippen molar-refractivity contribution < 1.29 is 4.79 Å². The molecular weight excluding hydrogens is 188 g/mol. The summed E-state index contributed by atoms with van der Waals surface area (Å²) in [7, 11) is 0. The monoisotopic (exact) mass is 208 g/mol. The second-order valence-corrected chi connectivity index (χ2v) is 3.82. The summed E-state index contributed by atoms with van der Waals surface area (Å²) in [6.45, 7) is 9.47.